The van der Waals surface area contributed by atoms with Gasteiger partial charge in [-0.25, -0.2) is 9.59 Å². The van der Waals surface area contributed by atoms with Crippen molar-refractivity contribution >= 4 is 40.8 Å². The van der Waals surface area contributed by atoms with Crippen LogP contribution < -0.4 is 5.32 Å². The largest absolute Gasteiger partial charge is 0.464 e. The Balaban J connectivity index is 1.93. The molecule has 4 atom stereocenters. The Bertz CT molecular complexity index is 850. The lowest BCUT2D eigenvalue weighted by Crippen LogP contribution is -2.55. The van der Waals surface area contributed by atoms with Crippen LogP contribution in [-0.2, 0) is 14.3 Å². The van der Waals surface area contributed by atoms with Crippen LogP contribution in [0.4, 0.5) is 4.79 Å². The molecule has 2 heterocycles. The van der Waals surface area contributed by atoms with Gasteiger partial charge in [0.1, 0.15) is 11.6 Å². The summed E-state index contributed by atoms with van der Waals surface area (Å²) < 4.78 is 6.76. The van der Waals surface area contributed by atoms with Gasteiger partial charge in [-0.05, 0) is 51.2 Å². The van der Waals surface area contributed by atoms with E-state index in [9.17, 15) is 19.5 Å². The van der Waals surface area contributed by atoms with Crippen LogP contribution >= 0.6 is 22.9 Å². The maximum atomic E-state index is 13.1. The van der Waals surface area contributed by atoms with Crippen molar-refractivity contribution in [2.75, 3.05) is 19.7 Å². The third-order valence-electron chi connectivity index (χ3n) is 5.91. The molecule has 1 saturated heterocycles. The van der Waals surface area contributed by atoms with Gasteiger partial charge in [0.2, 0.25) is 0 Å². The summed E-state index contributed by atoms with van der Waals surface area (Å²) in [5.41, 5.74) is 4.23. The molecular formula is C22H30IN3O5. The van der Waals surface area contributed by atoms with Crippen LogP contribution in [0, 0.1) is 5.92 Å². The second kappa shape index (κ2) is 9.75. The molecule has 2 N–H and O–H groups in total. The minimum atomic E-state index is -1.12. The topological polar surface area (TPSA) is 99.2 Å². The fourth-order valence-corrected chi connectivity index (χ4v) is 5.05. The van der Waals surface area contributed by atoms with Gasteiger partial charge in [0.05, 0.1) is 42.1 Å². The van der Waals surface area contributed by atoms with Crippen molar-refractivity contribution in [3.8, 4) is 0 Å². The molecule has 2 fully saturated rings. The minimum Gasteiger partial charge on any atom is -0.464 e. The third kappa shape index (κ3) is 5.32. The number of nitrogens with zero attached hydrogens (tertiary/aromatic N) is 2. The monoisotopic (exact) mass is 543 g/mol. The Labute approximate surface area is 196 Å². The Morgan fingerprint density at radius 2 is 2.13 bits per heavy atom. The molecule has 0 bridgehead atoms. The molecule has 0 aromatic carbocycles. The van der Waals surface area contributed by atoms with Crippen molar-refractivity contribution in [2.24, 2.45) is 5.92 Å². The van der Waals surface area contributed by atoms with Gasteiger partial charge in [-0.15, -0.1) is 5.73 Å². The number of rotatable bonds is 2. The van der Waals surface area contributed by atoms with Crippen molar-refractivity contribution in [1.29, 1.82) is 0 Å². The van der Waals surface area contributed by atoms with Gasteiger partial charge in [-0.2, -0.15) is 0 Å². The second-order valence-corrected chi connectivity index (χ2v) is 9.67. The van der Waals surface area contributed by atoms with Gasteiger partial charge in [0.15, 0.2) is 0 Å². The molecule has 2 aliphatic heterocycles. The number of allylic oxidation sites excluding steroid dienone is 1. The number of carbonyl (C=O) groups is 3. The molecule has 0 aromatic heterocycles. The van der Waals surface area contributed by atoms with Crippen LogP contribution in [0.25, 0.3) is 0 Å². The number of halogens is 1. The summed E-state index contributed by atoms with van der Waals surface area (Å²) in [7, 11) is 0. The normalized spacial score (nSPS) is 33.0. The maximum absolute atomic E-state index is 13.1. The highest BCUT2D eigenvalue weighted by Crippen LogP contribution is 2.46. The van der Waals surface area contributed by atoms with Gasteiger partial charge in [-0.1, -0.05) is 12.2 Å². The molecule has 1 aliphatic carbocycles. The average Bonchev–Trinajstić information content (AvgIpc) is 3.25. The number of aliphatic hydroxyl groups is 1. The van der Waals surface area contributed by atoms with E-state index in [1.807, 2.05) is 48.9 Å². The van der Waals surface area contributed by atoms with E-state index in [1.54, 1.807) is 6.92 Å². The zero-order chi connectivity index (χ0) is 22.8. The lowest BCUT2D eigenvalue weighted by molar-refractivity contribution is -0.147. The molecule has 1 saturated carbocycles. The number of hydrogen-bond acceptors (Lipinski definition) is 5. The number of aliphatic hydroxyl groups excluding tert-OH is 1. The smallest absolute Gasteiger partial charge is 0.332 e. The fourth-order valence-electron chi connectivity index (χ4n) is 4.22. The average molecular weight is 543 g/mol. The molecule has 0 radical (unpaired) electrons. The molecular weight excluding hydrogens is 513 g/mol. The summed E-state index contributed by atoms with van der Waals surface area (Å²) in [6, 6.07) is -1.32. The molecule has 3 aliphatic rings. The van der Waals surface area contributed by atoms with Crippen molar-refractivity contribution in [2.45, 2.75) is 64.1 Å². The van der Waals surface area contributed by atoms with E-state index < -0.39 is 29.7 Å². The van der Waals surface area contributed by atoms with Crippen LogP contribution in [-0.4, -0.2) is 68.4 Å². The molecule has 3 rings (SSSR count). The molecule has 170 valence electrons. The highest BCUT2D eigenvalue weighted by Gasteiger charge is 2.62. The SMILES string of the molecule is CCOC(=O)[C@@]12CC1/C=C\CCC(C)=C=C(C)CN(I)C(=O)[C@@H]1C[C@@H](O)CN1C(=O)N2. The molecule has 9 heteroatoms. The molecule has 0 aromatic rings. The summed E-state index contributed by atoms with van der Waals surface area (Å²) in [4.78, 5) is 40.2. The summed E-state index contributed by atoms with van der Waals surface area (Å²) in [5, 5.41) is 13.0. The van der Waals surface area contributed by atoms with Gasteiger partial charge in [0.25, 0.3) is 5.91 Å². The van der Waals surface area contributed by atoms with E-state index in [0.29, 0.717) is 13.0 Å². The maximum Gasteiger partial charge on any atom is 0.332 e. The second-order valence-electron chi connectivity index (χ2n) is 8.50. The van der Waals surface area contributed by atoms with Crippen molar-refractivity contribution < 1.29 is 24.2 Å². The number of carbonyl (C=O) groups excluding carboxylic acids is 3. The van der Waals surface area contributed by atoms with Gasteiger partial charge in [-0.3, -0.25) is 7.91 Å². The van der Waals surface area contributed by atoms with Crippen LogP contribution in [0.2, 0.25) is 0 Å². The molecule has 31 heavy (non-hydrogen) atoms. The molecule has 0 spiro atoms. The van der Waals surface area contributed by atoms with Crippen molar-refractivity contribution in [1.82, 2.24) is 13.3 Å². The van der Waals surface area contributed by atoms with E-state index >= 15 is 0 Å². The molecule has 3 amide bonds. The predicted molar refractivity (Wildman–Crippen MR) is 123 cm³/mol. The number of nitrogens with one attached hydrogen (secondary N) is 1. The predicted octanol–water partition coefficient (Wildman–Crippen LogP) is 2.47. The Hall–Kier alpha value is -1.84. The zero-order valence-corrected chi connectivity index (χ0v) is 20.3. The first-order valence-electron chi connectivity index (χ1n) is 10.7. The van der Waals surface area contributed by atoms with Gasteiger partial charge < -0.3 is 20.1 Å². The zero-order valence-electron chi connectivity index (χ0n) is 18.2. The standard InChI is InChI=1S/C22H30IN3O5/c1-4-31-20(29)22-11-16(22)8-6-5-7-14(2)9-15(3)12-26(23)19(28)18-10-17(27)13-25(18)21(30)24-22/h6,8,16-18,27H,4-5,7,10-13H2,1-3H3,(H,24,30)/b8-6-/t9?,16?,17-,18+,22-/m1/s1. The Morgan fingerprint density at radius 3 is 2.84 bits per heavy atom. The lowest BCUT2D eigenvalue weighted by Gasteiger charge is -2.28. The fraction of sp³-hybridized carbons (Fsp3) is 0.636. The lowest BCUT2D eigenvalue weighted by atomic mass is 10.1. The summed E-state index contributed by atoms with van der Waals surface area (Å²) in [5.74, 6) is -0.879. The highest BCUT2D eigenvalue weighted by molar-refractivity contribution is 14.1. The van der Waals surface area contributed by atoms with Crippen LogP contribution in [0.15, 0.2) is 29.0 Å². The van der Waals surface area contributed by atoms with Crippen molar-refractivity contribution in [3.05, 3.63) is 29.0 Å². The summed E-state index contributed by atoms with van der Waals surface area (Å²) >= 11 is 1.95. The first-order chi connectivity index (χ1) is 14.7. The van der Waals surface area contributed by atoms with Crippen LogP contribution in [0.3, 0.4) is 0 Å². The number of fused-ring (bicyclic) bond motifs is 2. The van der Waals surface area contributed by atoms with Crippen molar-refractivity contribution in [3.63, 3.8) is 0 Å². The molecule has 8 nitrogen and oxygen atoms in total. The van der Waals surface area contributed by atoms with Gasteiger partial charge in [0, 0.05) is 18.9 Å². The van der Waals surface area contributed by atoms with Gasteiger partial charge >= 0.3 is 12.0 Å². The number of urea groups is 1. The van der Waals surface area contributed by atoms with Crippen LogP contribution in [0.5, 0.6) is 0 Å². The number of amides is 3. The minimum absolute atomic E-state index is 0.0416. The quantitative estimate of drug-likeness (QED) is 0.183. The molecule has 1 unspecified atom stereocenters. The summed E-state index contributed by atoms with van der Waals surface area (Å²) in [6.45, 7) is 6.30. The van der Waals surface area contributed by atoms with E-state index in [0.717, 1.165) is 24.0 Å². The van der Waals surface area contributed by atoms with E-state index in [2.05, 4.69) is 11.0 Å². The number of hydrogen-bond donors (Lipinski definition) is 2. The number of esters is 1. The van der Waals surface area contributed by atoms with Crippen LogP contribution in [0.1, 0.15) is 46.5 Å². The Morgan fingerprint density at radius 1 is 1.39 bits per heavy atom. The Kier molecular flexibility index (Phi) is 7.49. The highest BCUT2D eigenvalue weighted by atomic mass is 127. The summed E-state index contributed by atoms with van der Waals surface area (Å²) in [6.07, 6.45) is 5.43. The third-order valence-corrected chi connectivity index (χ3v) is 6.72. The number of ether oxygens (including phenoxy) is 1. The van der Waals surface area contributed by atoms with E-state index in [4.69, 9.17) is 4.74 Å². The first-order valence-corrected chi connectivity index (χ1v) is 11.6. The van der Waals surface area contributed by atoms with E-state index in [-0.39, 0.29) is 31.4 Å². The van der Waals surface area contributed by atoms with E-state index in [1.165, 1.54) is 8.01 Å². The first kappa shape index (κ1) is 23.8.